The summed E-state index contributed by atoms with van der Waals surface area (Å²) in [5, 5.41) is 3.66. The van der Waals surface area contributed by atoms with Crippen molar-refractivity contribution in [1.82, 2.24) is 10.2 Å². The lowest BCUT2D eigenvalue weighted by Crippen LogP contribution is -2.54. The van der Waals surface area contributed by atoms with E-state index in [1.165, 1.54) is 24.1 Å². The summed E-state index contributed by atoms with van der Waals surface area (Å²) in [6, 6.07) is 26.2. The number of halogens is 2. The third-order valence-corrected chi connectivity index (χ3v) is 10.3. The average molecular weight is 697 g/mol. The summed E-state index contributed by atoms with van der Waals surface area (Å²) in [5.74, 6) is -0.684. The number of sulfonamides is 1. The number of carbonyl (C=O) groups is 2. The van der Waals surface area contributed by atoms with Gasteiger partial charge in [0.2, 0.25) is 11.8 Å². The molecule has 47 heavy (non-hydrogen) atoms. The van der Waals surface area contributed by atoms with Gasteiger partial charge in [-0.3, -0.25) is 13.9 Å². The lowest BCUT2D eigenvalue weighted by molar-refractivity contribution is -0.140. The molecule has 0 saturated heterocycles. The van der Waals surface area contributed by atoms with Gasteiger partial charge in [-0.15, -0.1) is 0 Å². The molecule has 4 rings (SSSR count). The van der Waals surface area contributed by atoms with Crippen LogP contribution in [0.3, 0.4) is 0 Å². The normalized spacial score (nSPS) is 12.6. The van der Waals surface area contributed by atoms with E-state index in [1.807, 2.05) is 51.1 Å². The van der Waals surface area contributed by atoms with Gasteiger partial charge in [-0.05, 0) is 73.4 Å². The van der Waals surface area contributed by atoms with Gasteiger partial charge in [-0.2, -0.15) is 0 Å². The van der Waals surface area contributed by atoms with E-state index in [4.69, 9.17) is 27.9 Å². The molecule has 2 amide bonds. The van der Waals surface area contributed by atoms with E-state index in [-0.39, 0.29) is 46.3 Å². The Bertz CT molecular complexity index is 1790. The Hall–Kier alpha value is -4.05. The summed E-state index contributed by atoms with van der Waals surface area (Å²) in [6.07, 6.45) is 0.871. The van der Waals surface area contributed by atoms with E-state index >= 15 is 0 Å². The fourth-order valence-corrected chi connectivity index (χ4v) is 6.82. The van der Waals surface area contributed by atoms with Crippen molar-refractivity contribution in [3.05, 3.63) is 124 Å². The van der Waals surface area contributed by atoms with Gasteiger partial charge in [0.1, 0.15) is 18.3 Å². The topological polar surface area (TPSA) is 96.0 Å². The molecule has 248 valence electrons. The Morgan fingerprint density at radius 1 is 0.872 bits per heavy atom. The standard InChI is InChI=1S/C36H39Cl2N3O5S/c1-5-26(3)39-36(43)33(22-27-12-8-6-9-13-27)40(23-28-17-18-30(37)31(38)21-28)35(42)24-41(32-20-25(2)16-19-34(32)46-4)47(44,45)29-14-10-7-11-15-29/h6-21,26,33H,5,22-24H2,1-4H3,(H,39,43)/t26-,33+/m1/s1. The number of anilines is 1. The molecule has 0 bridgehead atoms. The van der Waals surface area contributed by atoms with Gasteiger partial charge in [0.05, 0.1) is 27.7 Å². The summed E-state index contributed by atoms with van der Waals surface area (Å²) < 4.78 is 35.2. The third-order valence-electron chi connectivity index (χ3n) is 7.82. The van der Waals surface area contributed by atoms with Crippen molar-refractivity contribution in [2.75, 3.05) is 18.0 Å². The predicted octanol–water partition coefficient (Wildman–Crippen LogP) is 7.06. The molecule has 0 fully saturated rings. The number of amides is 2. The van der Waals surface area contributed by atoms with Crippen LogP contribution in [0.15, 0.2) is 102 Å². The minimum Gasteiger partial charge on any atom is -0.495 e. The maximum Gasteiger partial charge on any atom is 0.264 e. The molecule has 0 spiro atoms. The van der Waals surface area contributed by atoms with E-state index < -0.39 is 28.5 Å². The Morgan fingerprint density at radius 3 is 2.15 bits per heavy atom. The van der Waals surface area contributed by atoms with Gasteiger partial charge in [-0.1, -0.05) is 90.8 Å². The Balaban J connectivity index is 1.86. The highest BCUT2D eigenvalue weighted by atomic mass is 35.5. The molecule has 4 aromatic rings. The van der Waals surface area contributed by atoms with Crippen molar-refractivity contribution >= 4 is 50.7 Å². The quantitative estimate of drug-likeness (QED) is 0.152. The van der Waals surface area contributed by atoms with Crippen LogP contribution in [-0.4, -0.2) is 50.9 Å². The number of hydrogen-bond acceptors (Lipinski definition) is 5. The minimum absolute atomic E-state index is 0.00254. The number of rotatable bonds is 14. The van der Waals surface area contributed by atoms with Crippen molar-refractivity contribution in [2.45, 2.75) is 57.1 Å². The highest BCUT2D eigenvalue weighted by Gasteiger charge is 2.36. The zero-order valence-corrected chi connectivity index (χ0v) is 29.1. The summed E-state index contributed by atoms with van der Waals surface area (Å²) in [6.45, 7) is 5.02. The van der Waals surface area contributed by atoms with E-state index in [0.29, 0.717) is 17.0 Å². The first-order valence-electron chi connectivity index (χ1n) is 15.2. The van der Waals surface area contributed by atoms with E-state index in [0.717, 1.165) is 15.4 Å². The molecular formula is C36H39Cl2N3O5S. The first-order chi connectivity index (χ1) is 22.4. The van der Waals surface area contributed by atoms with E-state index in [1.54, 1.807) is 54.6 Å². The number of hydrogen-bond donors (Lipinski definition) is 1. The van der Waals surface area contributed by atoms with Crippen LogP contribution in [0.5, 0.6) is 5.75 Å². The Labute approximate surface area is 287 Å². The number of benzene rings is 4. The van der Waals surface area contributed by atoms with Crippen LogP contribution in [0.1, 0.15) is 37.0 Å². The maximum atomic E-state index is 14.7. The maximum absolute atomic E-state index is 14.7. The third kappa shape index (κ3) is 9.06. The smallest absolute Gasteiger partial charge is 0.264 e. The molecule has 8 nitrogen and oxygen atoms in total. The molecule has 0 saturated carbocycles. The molecule has 0 heterocycles. The zero-order chi connectivity index (χ0) is 34.1. The van der Waals surface area contributed by atoms with Crippen LogP contribution in [0.4, 0.5) is 5.69 Å². The van der Waals surface area contributed by atoms with Crippen molar-refractivity contribution < 1.29 is 22.7 Å². The second-order valence-electron chi connectivity index (χ2n) is 11.3. The lowest BCUT2D eigenvalue weighted by Gasteiger charge is -2.34. The largest absolute Gasteiger partial charge is 0.495 e. The summed E-state index contributed by atoms with van der Waals surface area (Å²) in [7, 11) is -2.84. The first kappa shape index (κ1) is 35.8. The van der Waals surface area contributed by atoms with E-state index in [2.05, 4.69) is 5.32 Å². The van der Waals surface area contributed by atoms with Crippen molar-refractivity contribution in [1.29, 1.82) is 0 Å². The number of aryl methyl sites for hydroxylation is 1. The minimum atomic E-state index is -4.28. The monoisotopic (exact) mass is 695 g/mol. The van der Waals surface area contributed by atoms with Crippen LogP contribution in [0.2, 0.25) is 10.0 Å². The molecule has 0 aliphatic carbocycles. The number of carbonyl (C=O) groups excluding carboxylic acids is 2. The van der Waals surface area contributed by atoms with E-state index in [9.17, 15) is 18.0 Å². The first-order valence-corrected chi connectivity index (χ1v) is 17.4. The fraction of sp³-hybridized carbons (Fsp3) is 0.278. The summed E-state index contributed by atoms with van der Waals surface area (Å²) in [4.78, 5) is 30.1. The van der Waals surface area contributed by atoms with Gasteiger partial charge < -0.3 is 15.0 Å². The number of methoxy groups -OCH3 is 1. The van der Waals surface area contributed by atoms with Crippen molar-refractivity contribution in [3.63, 3.8) is 0 Å². The fourth-order valence-electron chi connectivity index (χ4n) is 5.06. The van der Waals surface area contributed by atoms with Gasteiger partial charge in [0, 0.05) is 19.0 Å². The number of nitrogens with one attached hydrogen (secondary N) is 1. The molecule has 1 N–H and O–H groups in total. The highest BCUT2D eigenvalue weighted by molar-refractivity contribution is 7.92. The van der Waals surface area contributed by atoms with Crippen LogP contribution in [-0.2, 0) is 32.6 Å². The average Bonchev–Trinajstić information content (AvgIpc) is 3.07. The zero-order valence-electron chi connectivity index (χ0n) is 26.8. The van der Waals surface area contributed by atoms with Gasteiger partial charge in [0.15, 0.2) is 0 Å². The predicted molar refractivity (Wildman–Crippen MR) is 188 cm³/mol. The van der Waals surface area contributed by atoms with Crippen molar-refractivity contribution in [3.8, 4) is 5.75 Å². The number of ether oxygens (including phenoxy) is 1. The molecule has 0 radical (unpaired) electrons. The number of nitrogens with zero attached hydrogens (tertiary/aromatic N) is 2. The summed E-state index contributed by atoms with van der Waals surface area (Å²) >= 11 is 12.6. The molecule has 2 atom stereocenters. The van der Waals surface area contributed by atoms with Crippen molar-refractivity contribution in [2.24, 2.45) is 0 Å². The molecule has 0 aliphatic heterocycles. The van der Waals surface area contributed by atoms with Gasteiger partial charge >= 0.3 is 0 Å². The van der Waals surface area contributed by atoms with Crippen LogP contribution in [0, 0.1) is 6.92 Å². The molecule has 0 aliphatic rings. The van der Waals surface area contributed by atoms with Crippen LogP contribution in [0.25, 0.3) is 0 Å². The molecule has 11 heteroatoms. The Morgan fingerprint density at radius 2 is 1.53 bits per heavy atom. The molecular weight excluding hydrogens is 657 g/mol. The van der Waals surface area contributed by atoms with Gasteiger partial charge in [0.25, 0.3) is 10.0 Å². The highest BCUT2D eigenvalue weighted by Crippen LogP contribution is 2.34. The summed E-state index contributed by atoms with van der Waals surface area (Å²) in [5.41, 5.74) is 2.41. The van der Waals surface area contributed by atoms with Gasteiger partial charge in [-0.25, -0.2) is 8.42 Å². The molecule has 0 unspecified atom stereocenters. The SMILES string of the molecule is CC[C@@H](C)NC(=O)[C@H](Cc1ccccc1)N(Cc1ccc(Cl)c(Cl)c1)C(=O)CN(c1cc(C)ccc1OC)S(=O)(=O)c1ccccc1. The molecule has 0 aromatic heterocycles. The Kier molecular flexibility index (Phi) is 12.3. The second-order valence-corrected chi connectivity index (χ2v) is 14.0. The van der Waals surface area contributed by atoms with Crippen LogP contribution < -0.4 is 14.4 Å². The second kappa shape index (κ2) is 16.2. The van der Waals surface area contributed by atoms with Crippen LogP contribution >= 0.6 is 23.2 Å². The molecule has 4 aromatic carbocycles. The lowest BCUT2D eigenvalue weighted by atomic mass is 10.0.